The van der Waals surface area contributed by atoms with Crippen LogP contribution in [0.3, 0.4) is 0 Å². The molecule has 0 atom stereocenters. The maximum Gasteiger partial charge on any atom is 0.228 e. The third kappa shape index (κ3) is 3.34. The Kier molecular flexibility index (Phi) is 4.67. The van der Waals surface area contributed by atoms with Crippen molar-refractivity contribution in [1.29, 1.82) is 0 Å². The van der Waals surface area contributed by atoms with Crippen LogP contribution in [-0.2, 0) is 13.7 Å². The Labute approximate surface area is 145 Å². The smallest absolute Gasteiger partial charge is 0.228 e. The number of halogens is 1. The van der Waals surface area contributed by atoms with Gasteiger partial charge in [0.15, 0.2) is 5.82 Å². The van der Waals surface area contributed by atoms with E-state index in [1.807, 2.05) is 37.3 Å². The fourth-order valence-corrected chi connectivity index (χ4v) is 2.73. The zero-order chi connectivity index (χ0) is 17.1. The molecule has 0 unspecified atom stereocenters. The maximum atomic E-state index is 12.7. The number of ether oxygens (including phenoxy) is 1. The Morgan fingerprint density at radius 2 is 2.04 bits per heavy atom. The largest absolute Gasteiger partial charge is 0.489 e. The van der Waals surface area contributed by atoms with E-state index < -0.39 is 0 Å². The molecule has 2 aromatic carbocycles. The lowest BCUT2D eigenvalue weighted by atomic mass is 10.0. The fraction of sp³-hybridized carbons (Fsp3) is 0.158. The number of nitrogens with zero attached hydrogens (tertiary/aromatic N) is 2. The minimum Gasteiger partial charge on any atom is -0.489 e. The van der Waals surface area contributed by atoms with Crippen molar-refractivity contribution >= 4 is 17.4 Å². The minimum atomic E-state index is -0.116. The Morgan fingerprint density at radius 3 is 2.75 bits per heavy atom. The molecule has 24 heavy (non-hydrogen) atoms. The summed E-state index contributed by atoms with van der Waals surface area (Å²) >= 11 is 5.96. The topological polar surface area (TPSA) is 44.1 Å². The zero-order valence-electron chi connectivity index (χ0n) is 13.5. The van der Waals surface area contributed by atoms with Crippen molar-refractivity contribution in [3.05, 3.63) is 82.4 Å². The molecule has 4 nitrogen and oxygen atoms in total. The standard InChI is InChI=1S/C19H17ClN2O2/c1-13-11-15(20)7-8-17(13)24-12-14-5-3-4-6-16(14)18(23)19-21-9-10-22(19)2/h3-11H,12H2,1-2H3. The quantitative estimate of drug-likeness (QED) is 0.654. The number of carbonyl (C=O) groups is 1. The second-order valence-electron chi connectivity index (χ2n) is 5.55. The summed E-state index contributed by atoms with van der Waals surface area (Å²) in [6, 6.07) is 12.9. The van der Waals surface area contributed by atoms with Crippen molar-refractivity contribution in [2.75, 3.05) is 0 Å². The molecule has 0 radical (unpaired) electrons. The summed E-state index contributed by atoms with van der Waals surface area (Å²) in [6.07, 6.45) is 3.37. The molecule has 0 fully saturated rings. The van der Waals surface area contributed by atoms with E-state index in [4.69, 9.17) is 16.3 Å². The molecule has 0 bridgehead atoms. The van der Waals surface area contributed by atoms with Gasteiger partial charge in [-0.05, 0) is 30.7 Å². The Morgan fingerprint density at radius 1 is 1.25 bits per heavy atom. The molecule has 0 aliphatic carbocycles. The first-order valence-electron chi connectivity index (χ1n) is 7.55. The highest BCUT2D eigenvalue weighted by atomic mass is 35.5. The highest BCUT2D eigenvalue weighted by Crippen LogP contribution is 2.23. The van der Waals surface area contributed by atoms with Gasteiger partial charge < -0.3 is 9.30 Å². The lowest BCUT2D eigenvalue weighted by Crippen LogP contribution is -2.12. The fourth-order valence-electron chi connectivity index (χ4n) is 2.50. The number of benzene rings is 2. The molecule has 1 aromatic heterocycles. The summed E-state index contributed by atoms with van der Waals surface area (Å²) in [5, 5.41) is 0.671. The van der Waals surface area contributed by atoms with Crippen molar-refractivity contribution < 1.29 is 9.53 Å². The van der Waals surface area contributed by atoms with Crippen molar-refractivity contribution in [3.8, 4) is 5.75 Å². The van der Waals surface area contributed by atoms with E-state index in [1.54, 1.807) is 36.1 Å². The first-order chi connectivity index (χ1) is 11.6. The van der Waals surface area contributed by atoms with Crippen LogP contribution < -0.4 is 4.74 Å². The third-order valence-electron chi connectivity index (χ3n) is 3.81. The van der Waals surface area contributed by atoms with Gasteiger partial charge in [-0.1, -0.05) is 35.9 Å². The number of rotatable bonds is 5. The van der Waals surface area contributed by atoms with Crippen LogP contribution in [0.25, 0.3) is 0 Å². The average Bonchev–Trinajstić information content (AvgIpc) is 3.00. The molecule has 3 aromatic rings. The van der Waals surface area contributed by atoms with Crippen LogP contribution in [0.2, 0.25) is 5.02 Å². The Balaban J connectivity index is 1.84. The zero-order valence-corrected chi connectivity index (χ0v) is 14.2. The number of carbonyl (C=O) groups excluding carboxylic acids is 1. The van der Waals surface area contributed by atoms with Gasteiger partial charge in [-0.15, -0.1) is 0 Å². The summed E-state index contributed by atoms with van der Waals surface area (Å²) in [7, 11) is 1.80. The second-order valence-corrected chi connectivity index (χ2v) is 5.98. The van der Waals surface area contributed by atoms with E-state index in [0.29, 0.717) is 23.0 Å². The van der Waals surface area contributed by atoms with Crippen LogP contribution in [0.4, 0.5) is 0 Å². The summed E-state index contributed by atoms with van der Waals surface area (Å²) in [5.41, 5.74) is 2.37. The van der Waals surface area contributed by atoms with Crippen LogP contribution in [-0.4, -0.2) is 15.3 Å². The summed E-state index contributed by atoms with van der Waals surface area (Å²) < 4.78 is 7.59. The van der Waals surface area contributed by atoms with Crippen molar-refractivity contribution in [2.45, 2.75) is 13.5 Å². The van der Waals surface area contributed by atoms with Gasteiger partial charge in [0.1, 0.15) is 12.4 Å². The van der Waals surface area contributed by atoms with Gasteiger partial charge in [-0.3, -0.25) is 4.79 Å². The first kappa shape index (κ1) is 16.3. The first-order valence-corrected chi connectivity index (χ1v) is 7.93. The normalized spacial score (nSPS) is 10.6. The van der Waals surface area contributed by atoms with Gasteiger partial charge in [-0.2, -0.15) is 0 Å². The van der Waals surface area contributed by atoms with Crippen LogP contribution >= 0.6 is 11.6 Å². The van der Waals surface area contributed by atoms with E-state index in [9.17, 15) is 4.79 Å². The number of imidazole rings is 1. The molecule has 0 aliphatic rings. The molecule has 3 rings (SSSR count). The molecule has 0 N–H and O–H groups in total. The molecule has 122 valence electrons. The molecule has 0 spiro atoms. The van der Waals surface area contributed by atoms with Crippen molar-refractivity contribution in [2.24, 2.45) is 7.05 Å². The molecular formula is C19H17ClN2O2. The molecule has 0 saturated heterocycles. The van der Waals surface area contributed by atoms with Gasteiger partial charge in [0, 0.05) is 35.6 Å². The molecule has 0 aliphatic heterocycles. The predicted octanol–water partition coefficient (Wildman–Crippen LogP) is 4.19. The van der Waals surface area contributed by atoms with Crippen LogP contribution in [0, 0.1) is 6.92 Å². The van der Waals surface area contributed by atoms with Crippen LogP contribution in [0.5, 0.6) is 5.75 Å². The minimum absolute atomic E-state index is 0.116. The third-order valence-corrected chi connectivity index (χ3v) is 4.04. The van der Waals surface area contributed by atoms with Gasteiger partial charge >= 0.3 is 0 Å². The average molecular weight is 341 g/mol. The van der Waals surface area contributed by atoms with E-state index in [1.165, 1.54) is 0 Å². The van der Waals surface area contributed by atoms with Crippen LogP contribution in [0.15, 0.2) is 54.9 Å². The molecule has 0 saturated carbocycles. The summed E-state index contributed by atoms with van der Waals surface area (Å²) in [4.78, 5) is 16.8. The number of hydrogen-bond acceptors (Lipinski definition) is 3. The van der Waals surface area contributed by atoms with Gasteiger partial charge in [0.2, 0.25) is 5.78 Å². The molecule has 1 heterocycles. The van der Waals surface area contributed by atoms with E-state index in [0.717, 1.165) is 16.9 Å². The summed E-state index contributed by atoms with van der Waals surface area (Å²) in [5.74, 6) is 1.04. The highest BCUT2D eigenvalue weighted by molar-refractivity contribution is 6.30. The van der Waals surface area contributed by atoms with Gasteiger partial charge in [0.05, 0.1) is 0 Å². The van der Waals surface area contributed by atoms with E-state index in [2.05, 4.69) is 4.98 Å². The molecule has 0 amide bonds. The number of aryl methyl sites for hydroxylation is 2. The highest BCUT2D eigenvalue weighted by Gasteiger charge is 2.17. The molecular weight excluding hydrogens is 324 g/mol. The Bertz CT molecular complexity index is 887. The van der Waals surface area contributed by atoms with Crippen LogP contribution in [0.1, 0.15) is 27.3 Å². The second kappa shape index (κ2) is 6.89. The monoisotopic (exact) mass is 340 g/mol. The van der Waals surface area contributed by atoms with Crippen molar-refractivity contribution in [3.63, 3.8) is 0 Å². The van der Waals surface area contributed by atoms with Gasteiger partial charge in [-0.25, -0.2) is 4.98 Å². The Hall–Kier alpha value is -2.59. The number of ketones is 1. The van der Waals surface area contributed by atoms with Crippen molar-refractivity contribution in [1.82, 2.24) is 9.55 Å². The number of hydrogen-bond donors (Lipinski definition) is 0. The lowest BCUT2D eigenvalue weighted by molar-refractivity contribution is 0.102. The van der Waals surface area contributed by atoms with E-state index in [-0.39, 0.29) is 5.78 Å². The lowest BCUT2D eigenvalue weighted by Gasteiger charge is -2.12. The summed E-state index contributed by atoms with van der Waals surface area (Å²) in [6.45, 7) is 2.24. The maximum absolute atomic E-state index is 12.7. The van der Waals surface area contributed by atoms with Gasteiger partial charge in [0.25, 0.3) is 0 Å². The molecule has 5 heteroatoms. The number of aromatic nitrogens is 2. The van der Waals surface area contributed by atoms with E-state index >= 15 is 0 Å². The SMILES string of the molecule is Cc1cc(Cl)ccc1OCc1ccccc1C(=O)c1nccn1C. The predicted molar refractivity (Wildman–Crippen MR) is 93.6 cm³/mol.